The van der Waals surface area contributed by atoms with E-state index in [4.69, 9.17) is 0 Å². The normalized spacial score (nSPS) is 10.0. The van der Waals surface area contributed by atoms with Crippen molar-refractivity contribution in [3.8, 4) is 0 Å². The Labute approximate surface area is 306 Å². The molecule has 0 amide bonds. The van der Waals surface area contributed by atoms with Crippen molar-refractivity contribution >= 4 is 60.2 Å². The van der Waals surface area contributed by atoms with Crippen molar-refractivity contribution in [2.75, 3.05) is 0 Å². The standard InChI is InChI=1S/2C18H15P.C8H4O2.Pd/c2*1-4-10-16(11-5-1)19(17-12-6-2-7-13-17)18-14-8-3-9-15-18;9-5-7-3-1-2-4-8(7)6-10;/h2*1-15H;1-4H;/q;;-2;+2. The maximum Gasteiger partial charge on any atom is 2.00 e. The van der Waals surface area contributed by atoms with Crippen molar-refractivity contribution in [2.24, 2.45) is 0 Å². The van der Waals surface area contributed by atoms with E-state index in [0.29, 0.717) is 0 Å². The summed E-state index contributed by atoms with van der Waals surface area (Å²) in [6, 6.07) is 71.0. The number of hydrogen-bond acceptors (Lipinski definition) is 2. The van der Waals surface area contributed by atoms with Gasteiger partial charge < -0.3 is 9.59 Å². The number of hydrogen-bond donors (Lipinski definition) is 0. The molecule has 0 bridgehead atoms. The molecule has 7 aromatic rings. The Morgan fingerprint density at radius 1 is 0.265 bits per heavy atom. The maximum atomic E-state index is 10.1. The van der Waals surface area contributed by atoms with Crippen LogP contribution >= 0.6 is 15.8 Å². The zero-order valence-corrected chi connectivity index (χ0v) is 30.0. The van der Waals surface area contributed by atoms with Crippen LogP contribution in [0.3, 0.4) is 0 Å². The van der Waals surface area contributed by atoms with Crippen LogP contribution in [0, 0.1) is 0 Å². The smallest absolute Gasteiger partial charge is 0.391 e. The molecule has 0 saturated carbocycles. The molecule has 0 unspecified atom stereocenters. The summed E-state index contributed by atoms with van der Waals surface area (Å²) in [5.41, 5.74) is 0.523. The first kappa shape index (κ1) is 37.2. The SMILES string of the molecule is O=[C-]c1ccccc1[C-]=O.[Pd+2].c1ccc(P(c2ccccc2)c2ccccc2)cc1.c1ccc(P(c2ccccc2)c2ccccc2)cc1. The summed E-state index contributed by atoms with van der Waals surface area (Å²) < 4.78 is 0. The van der Waals surface area contributed by atoms with Gasteiger partial charge in [0.15, 0.2) is 0 Å². The second kappa shape index (κ2) is 20.7. The molecular formula is C44H34O2P2Pd. The van der Waals surface area contributed by atoms with Gasteiger partial charge in [-0.05, 0) is 60.2 Å². The summed E-state index contributed by atoms with van der Waals surface area (Å²) >= 11 is 0. The van der Waals surface area contributed by atoms with Gasteiger partial charge in [0, 0.05) is 0 Å². The van der Waals surface area contributed by atoms with Crippen LogP contribution < -0.4 is 31.8 Å². The molecule has 0 atom stereocenters. The van der Waals surface area contributed by atoms with Gasteiger partial charge in [-0.15, -0.1) is 12.1 Å². The minimum Gasteiger partial charge on any atom is -0.391 e. The van der Waals surface area contributed by atoms with Crippen LogP contribution in [0.1, 0.15) is 11.1 Å². The largest absolute Gasteiger partial charge is 2.00 e. The Balaban J connectivity index is 0.000000172. The number of rotatable bonds is 8. The maximum absolute atomic E-state index is 10.1. The van der Waals surface area contributed by atoms with Crippen LogP contribution in [-0.4, -0.2) is 12.6 Å². The molecule has 7 aromatic carbocycles. The van der Waals surface area contributed by atoms with Crippen LogP contribution in [0.4, 0.5) is 0 Å². The minimum absolute atomic E-state index is 0. The molecule has 5 heteroatoms. The zero-order chi connectivity index (χ0) is 33.2. The molecule has 0 saturated heterocycles. The third-order valence-electron chi connectivity index (χ3n) is 7.23. The molecule has 0 aliphatic heterocycles. The van der Waals surface area contributed by atoms with E-state index >= 15 is 0 Å². The van der Waals surface area contributed by atoms with Gasteiger partial charge in [-0.25, -0.2) is 12.1 Å². The predicted molar refractivity (Wildman–Crippen MR) is 206 cm³/mol. The summed E-state index contributed by atoms with van der Waals surface area (Å²) in [6.45, 7) is 0. The molecule has 0 fully saturated rings. The molecule has 0 heterocycles. The van der Waals surface area contributed by atoms with Crippen molar-refractivity contribution < 1.29 is 30.0 Å². The fourth-order valence-corrected chi connectivity index (χ4v) is 9.63. The van der Waals surface area contributed by atoms with Gasteiger partial charge in [-0.3, -0.25) is 11.1 Å². The molecule has 0 spiro atoms. The van der Waals surface area contributed by atoms with E-state index < -0.39 is 15.8 Å². The summed E-state index contributed by atoms with van der Waals surface area (Å²) in [4.78, 5) is 20.2. The average molecular weight is 763 g/mol. The Morgan fingerprint density at radius 2 is 0.429 bits per heavy atom. The quantitative estimate of drug-likeness (QED) is 0.0915. The van der Waals surface area contributed by atoms with E-state index in [1.54, 1.807) is 24.7 Å². The fraction of sp³-hybridized carbons (Fsp3) is 0. The van der Waals surface area contributed by atoms with Crippen LogP contribution in [0.5, 0.6) is 0 Å². The Morgan fingerprint density at radius 3 is 0.592 bits per heavy atom. The first-order valence-corrected chi connectivity index (χ1v) is 18.2. The van der Waals surface area contributed by atoms with E-state index in [-0.39, 0.29) is 31.5 Å². The van der Waals surface area contributed by atoms with Crippen LogP contribution in [0.2, 0.25) is 0 Å². The second-order valence-corrected chi connectivity index (χ2v) is 14.9. The molecule has 7 rings (SSSR count). The molecule has 2 nitrogen and oxygen atoms in total. The molecule has 0 radical (unpaired) electrons. The topological polar surface area (TPSA) is 34.1 Å². The zero-order valence-electron chi connectivity index (χ0n) is 26.7. The monoisotopic (exact) mass is 762 g/mol. The summed E-state index contributed by atoms with van der Waals surface area (Å²) in [5, 5.41) is 8.39. The van der Waals surface area contributed by atoms with Gasteiger partial charge in [0.25, 0.3) is 0 Å². The van der Waals surface area contributed by atoms with E-state index in [1.807, 2.05) is 0 Å². The van der Waals surface area contributed by atoms with E-state index in [2.05, 4.69) is 182 Å². The van der Waals surface area contributed by atoms with Crippen LogP contribution in [-0.2, 0) is 30.0 Å². The third kappa shape index (κ3) is 11.0. The van der Waals surface area contributed by atoms with Crippen LogP contribution in [0.15, 0.2) is 206 Å². The van der Waals surface area contributed by atoms with Crippen molar-refractivity contribution in [1.29, 1.82) is 0 Å². The van der Waals surface area contributed by atoms with Crippen molar-refractivity contribution in [3.05, 3.63) is 217 Å². The number of carbonyl (C=O) groups excluding carboxylic acids is 2. The second-order valence-electron chi connectivity index (χ2n) is 10.4. The van der Waals surface area contributed by atoms with Gasteiger partial charge >= 0.3 is 20.4 Å². The van der Waals surface area contributed by atoms with Crippen molar-refractivity contribution in [3.63, 3.8) is 0 Å². The van der Waals surface area contributed by atoms with Gasteiger partial charge in [-0.2, -0.15) is 0 Å². The molecule has 242 valence electrons. The number of benzene rings is 7. The van der Waals surface area contributed by atoms with Crippen LogP contribution in [0.25, 0.3) is 0 Å². The van der Waals surface area contributed by atoms with Gasteiger partial charge in [0.1, 0.15) is 0 Å². The van der Waals surface area contributed by atoms with Gasteiger partial charge in [-0.1, -0.05) is 182 Å². The Kier molecular flexibility index (Phi) is 15.7. The molecule has 0 aromatic heterocycles. The first-order chi connectivity index (χ1) is 23.8. The predicted octanol–water partition coefficient (Wildman–Crippen LogP) is 7.49. The molecule has 49 heavy (non-hydrogen) atoms. The molecule has 0 aliphatic carbocycles. The third-order valence-corrected chi connectivity index (χ3v) is 12.1. The molecular weight excluding hydrogens is 729 g/mol. The Bertz CT molecular complexity index is 1610. The van der Waals surface area contributed by atoms with Crippen molar-refractivity contribution in [1.82, 2.24) is 0 Å². The fourth-order valence-electron chi connectivity index (χ4n) is 5.02. The van der Waals surface area contributed by atoms with E-state index in [0.717, 1.165) is 0 Å². The molecule has 0 N–H and O–H groups in total. The first-order valence-electron chi connectivity index (χ1n) is 15.5. The van der Waals surface area contributed by atoms with Crippen molar-refractivity contribution in [2.45, 2.75) is 0 Å². The van der Waals surface area contributed by atoms with Gasteiger partial charge in [0.05, 0.1) is 0 Å². The minimum atomic E-state index is -0.446. The van der Waals surface area contributed by atoms with E-state index in [1.165, 1.54) is 44.0 Å². The van der Waals surface area contributed by atoms with E-state index in [9.17, 15) is 9.59 Å². The summed E-state index contributed by atoms with van der Waals surface area (Å²) in [6.07, 6.45) is 3.27. The average Bonchev–Trinajstić information content (AvgIpc) is 3.18. The molecule has 0 aliphatic rings. The van der Waals surface area contributed by atoms with Gasteiger partial charge in [0.2, 0.25) is 0 Å². The Hall–Kier alpha value is -4.60. The summed E-state index contributed by atoms with van der Waals surface area (Å²) in [7, 11) is -0.892. The summed E-state index contributed by atoms with van der Waals surface area (Å²) in [5.74, 6) is 0.